The van der Waals surface area contributed by atoms with E-state index < -0.39 is 0 Å². The maximum absolute atomic E-state index is 12.7. The summed E-state index contributed by atoms with van der Waals surface area (Å²) in [6.07, 6.45) is 3.44. The van der Waals surface area contributed by atoms with Crippen LogP contribution in [0.1, 0.15) is 56.9 Å². The molecule has 0 saturated heterocycles. The molecule has 4 heteroatoms. The lowest BCUT2D eigenvalue weighted by atomic mass is 9.95. The quantitative estimate of drug-likeness (QED) is 0.535. The fourth-order valence-corrected chi connectivity index (χ4v) is 4.42. The maximum Gasteiger partial charge on any atom is 0.338 e. The van der Waals surface area contributed by atoms with Crippen LogP contribution in [0.5, 0.6) is 0 Å². The highest BCUT2D eigenvalue weighted by Gasteiger charge is 2.28. The first-order valence-electron chi connectivity index (χ1n) is 10.8. The van der Waals surface area contributed by atoms with Crippen LogP contribution in [0, 0.1) is 0 Å². The number of benzene rings is 3. The number of amides is 1. The fraction of sp³-hybridized carbons (Fsp3) is 0.259. The second-order valence-electron chi connectivity index (χ2n) is 8.46. The Kier molecular flexibility index (Phi) is 5.06. The van der Waals surface area contributed by atoms with Gasteiger partial charge in [-0.3, -0.25) is 4.79 Å². The Morgan fingerprint density at radius 1 is 1.00 bits per heavy atom. The number of hydrogen-bond donors (Lipinski definition) is 0. The van der Waals surface area contributed by atoms with Gasteiger partial charge in [0.1, 0.15) is 0 Å². The van der Waals surface area contributed by atoms with Crippen molar-refractivity contribution in [2.24, 2.45) is 0 Å². The summed E-state index contributed by atoms with van der Waals surface area (Å²) in [5.41, 5.74) is 7.07. The second kappa shape index (κ2) is 8.03. The first kappa shape index (κ1) is 19.6. The van der Waals surface area contributed by atoms with E-state index in [1.807, 2.05) is 47.4 Å². The number of ether oxygens (including phenoxy) is 1. The van der Waals surface area contributed by atoms with Gasteiger partial charge in [-0.25, -0.2) is 4.79 Å². The zero-order valence-electron chi connectivity index (χ0n) is 17.6. The molecule has 1 fully saturated rings. The van der Waals surface area contributed by atoms with E-state index in [-0.39, 0.29) is 11.9 Å². The summed E-state index contributed by atoms with van der Waals surface area (Å²) in [7, 11) is 1.43. The maximum atomic E-state index is 12.7. The standard InChI is InChI=1S/C27H25NO3/c1-31-27(30)24-15-21(20-8-9-20)10-11-22(24)13-19-7-12-25-23(14-19)16-26(29)28(25)17-18-5-3-2-4-6-18/h2-7,10-12,14-15,20H,8-9,13,16-17H2,1H3. The molecule has 0 radical (unpaired) electrons. The second-order valence-corrected chi connectivity index (χ2v) is 8.46. The molecular weight excluding hydrogens is 386 g/mol. The number of carbonyl (C=O) groups is 2. The molecule has 1 aliphatic carbocycles. The molecule has 1 saturated carbocycles. The van der Waals surface area contributed by atoms with Gasteiger partial charge in [0, 0.05) is 5.69 Å². The van der Waals surface area contributed by atoms with Crippen molar-refractivity contribution < 1.29 is 14.3 Å². The van der Waals surface area contributed by atoms with Crippen LogP contribution in [0.3, 0.4) is 0 Å². The molecule has 3 aromatic rings. The first-order chi connectivity index (χ1) is 15.1. The van der Waals surface area contributed by atoms with Crippen LogP contribution >= 0.6 is 0 Å². The number of esters is 1. The van der Waals surface area contributed by atoms with Crippen molar-refractivity contribution in [2.45, 2.75) is 38.1 Å². The molecule has 1 aliphatic heterocycles. The largest absolute Gasteiger partial charge is 0.465 e. The van der Waals surface area contributed by atoms with Crippen molar-refractivity contribution in [1.29, 1.82) is 0 Å². The molecule has 0 N–H and O–H groups in total. The van der Waals surface area contributed by atoms with Crippen LogP contribution in [0.2, 0.25) is 0 Å². The predicted octanol–water partition coefficient (Wildman–Crippen LogP) is 5.03. The normalized spacial score (nSPS) is 15.1. The van der Waals surface area contributed by atoms with Crippen LogP contribution in [-0.4, -0.2) is 19.0 Å². The number of fused-ring (bicyclic) bond motifs is 1. The number of methoxy groups -OCH3 is 1. The van der Waals surface area contributed by atoms with E-state index in [1.54, 1.807) is 0 Å². The minimum Gasteiger partial charge on any atom is -0.465 e. The number of carbonyl (C=O) groups excluding carboxylic acids is 2. The summed E-state index contributed by atoms with van der Waals surface area (Å²) in [6.45, 7) is 0.584. The molecule has 2 aliphatic rings. The smallest absolute Gasteiger partial charge is 0.338 e. The molecule has 4 nitrogen and oxygen atoms in total. The van der Waals surface area contributed by atoms with Gasteiger partial charge >= 0.3 is 5.97 Å². The third kappa shape index (κ3) is 3.98. The summed E-state index contributed by atoms with van der Waals surface area (Å²) in [4.78, 5) is 26.9. The van der Waals surface area contributed by atoms with Crippen molar-refractivity contribution in [2.75, 3.05) is 12.0 Å². The highest BCUT2D eigenvalue weighted by atomic mass is 16.5. The molecule has 0 atom stereocenters. The monoisotopic (exact) mass is 411 g/mol. The first-order valence-corrected chi connectivity index (χ1v) is 10.8. The molecule has 3 aromatic carbocycles. The molecule has 0 aromatic heterocycles. The van der Waals surface area contributed by atoms with Gasteiger partial charge in [0.05, 0.1) is 25.6 Å². The lowest BCUT2D eigenvalue weighted by molar-refractivity contribution is -0.117. The summed E-state index contributed by atoms with van der Waals surface area (Å²) >= 11 is 0. The minimum atomic E-state index is -0.289. The molecule has 31 heavy (non-hydrogen) atoms. The van der Waals surface area contributed by atoms with Crippen molar-refractivity contribution in [1.82, 2.24) is 0 Å². The predicted molar refractivity (Wildman–Crippen MR) is 120 cm³/mol. The SMILES string of the molecule is COC(=O)c1cc(C2CC2)ccc1Cc1ccc2c(c1)CC(=O)N2Cc1ccccc1. The molecule has 0 spiro atoms. The van der Waals surface area contributed by atoms with E-state index in [9.17, 15) is 9.59 Å². The van der Waals surface area contributed by atoms with Crippen molar-refractivity contribution in [3.05, 3.63) is 100 Å². The fourth-order valence-electron chi connectivity index (χ4n) is 4.42. The van der Waals surface area contributed by atoms with E-state index in [1.165, 1.54) is 25.5 Å². The van der Waals surface area contributed by atoms with Crippen LogP contribution in [0.4, 0.5) is 5.69 Å². The van der Waals surface area contributed by atoms with Crippen molar-refractivity contribution in [3.8, 4) is 0 Å². The topological polar surface area (TPSA) is 46.6 Å². The zero-order chi connectivity index (χ0) is 21.4. The van der Waals surface area contributed by atoms with Crippen molar-refractivity contribution >= 4 is 17.6 Å². The average Bonchev–Trinajstić information content (AvgIpc) is 3.59. The minimum absolute atomic E-state index is 0.125. The Labute approximate surface area is 182 Å². The van der Waals surface area contributed by atoms with E-state index in [4.69, 9.17) is 4.74 Å². The number of anilines is 1. The van der Waals surface area contributed by atoms with Crippen LogP contribution in [0.25, 0.3) is 0 Å². The molecule has 5 rings (SSSR count). The Balaban J connectivity index is 1.40. The Morgan fingerprint density at radius 3 is 2.55 bits per heavy atom. The van der Waals surface area contributed by atoms with Crippen LogP contribution < -0.4 is 4.90 Å². The van der Waals surface area contributed by atoms with E-state index in [2.05, 4.69) is 24.3 Å². The molecule has 156 valence electrons. The highest BCUT2D eigenvalue weighted by molar-refractivity contribution is 6.01. The number of hydrogen-bond acceptors (Lipinski definition) is 3. The summed E-state index contributed by atoms with van der Waals surface area (Å²) < 4.78 is 5.04. The van der Waals surface area contributed by atoms with Crippen LogP contribution in [-0.2, 0) is 28.9 Å². The summed E-state index contributed by atoms with van der Waals surface area (Å²) in [5, 5.41) is 0. The van der Waals surface area contributed by atoms with Gasteiger partial charge in [0.2, 0.25) is 5.91 Å². The van der Waals surface area contributed by atoms with E-state index >= 15 is 0 Å². The van der Waals surface area contributed by atoms with Gasteiger partial charge in [-0.1, -0.05) is 54.6 Å². The number of nitrogens with zero attached hydrogens (tertiary/aromatic N) is 1. The summed E-state index contributed by atoms with van der Waals surface area (Å²) in [6, 6.07) is 22.4. The number of rotatable bonds is 6. The zero-order valence-corrected chi connectivity index (χ0v) is 17.6. The third-order valence-electron chi connectivity index (χ3n) is 6.24. The lowest BCUT2D eigenvalue weighted by Crippen LogP contribution is -2.25. The van der Waals surface area contributed by atoms with Gasteiger partial charge in [-0.05, 0) is 65.1 Å². The van der Waals surface area contributed by atoms with Crippen molar-refractivity contribution in [3.63, 3.8) is 0 Å². The van der Waals surface area contributed by atoms with Gasteiger partial charge in [-0.2, -0.15) is 0 Å². The van der Waals surface area contributed by atoms with Gasteiger partial charge < -0.3 is 9.64 Å². The summed E-state index contributed by atoms with van der Waals surface area (Å²) in [5.74, 6) is 0.418. The van der Waals surface area contributed by atoms with Gasteiger partial charge in [0.25, 0.3) is 0 Å². The van der Waals surface area contributed by atoms with E-state index in [0.29, 0.717) is 30.9 Å². The van der Waals surface area contributed by atoms with Gasteiger partial charge in [0.15, 0.2) is 0 Å². The molecule has 0 unspecified atom stereocenters. The van der Waals surface area contributed by atoms with E-state index in [0.717, 1.165) is 27.9 Å². The Bertz CT molecular complexity index is 1150. The van der Waals surface area contributed by atoms with Crippen LogP contribution in [0.15, 0.2) is 66.7 Å². The lowest BCUT2D eigenvalue weighted by Gasteiger charge is -2.18. The average molecular weight is 412 g/mol. The third-order valence-corrected chi connectivity index (χ3v) is 6.24. The molecule has 1 heterocycles. The molecule has 1 amide bonds. The Hall–Kier alpha value is -3.40. The Morgan fingerprint density at radius 2 is 1.81 bits per heavy atom. The molecule has 0 bridgehead atoms. The molecular formula is C27H25NO3. The van der Waals surface area contributed by atoms with Gasteiger partial charge in [-0.15, -0.1) is 0 Å². The highest BCUT2D eigenvalue weighted by Crippen LogP contribution is 2.41.